The summed E-state index contributed by atoms with van der Waals surface area (Å²) in [6.45, 7) is 1.71. The minimum atomic E-state index is -0.467. The van der Waals surface area contributed by atoms with Gasteiger partial charge in [0.05, 0.1) is 13.0 Å². The quantitative estimate of drug-likeness (QED) is 0.839. The molecule has 1 amide bonds. The highest BCUT2D eigenvalue weighted by Crippen LogP contribution is 2.17. The van der Waals surface area contributed by atoms with Gasteiger partial charge in [-0.2, -0.15) is 5.21 Å². The molecular weight excluding hydrogens is 234 g/mol. The highest BCUT2D eigenvalue weighted by atomic mass is 16.5. The number of H-pyrrole nitrogens is 1. The molecule has 2 N–H and O–H groups in total. The molecular formula is C11H13N5O2. The molecule has 7 heteroatoms. The summed E-state index contributed by atoms with van der Waals surface area (Å²) in [6, 6.07) is 7.07. The van der Waals surface area contributed by atoms with Crippen molar-refractivity contribution in [2.45, 2.75) is 12.8 Å². The summed E-state index contributed by atoms with van der Waals surface area (Å²) < 4.78 is 5.04. The van der Waals surface area contributed by atoms with E-state index in [4.69, 9.17) is 4.74 Å². The number of hydrogen-bond acceptors (Lipinski definition) is 5. The topological polar surface area (TPSA) is 92.8 Å². The summed E-state index contributed by atoms with van der Waals surface area (Å²) in [5, 5.41) is 16.1. The zero-order chi connectivity index (χ0) is 13.0. The number of ether oxygens (including phenoxy) is 1. The fourth-order valence-electron chi connectivity index (χ4n) is 1.40. The molecule has 1 aromatic carbocycles. The summed E-state index contributed by atoms with van der Waals surface area (Å²) in [5.74, 6) is 0.438. The van der Waals surface area contributed by atoms with E-state index in [2.05, 4.69) is 25.9 Å². The second-order valence-electron chi connectivity index (χ2n) is 3.71. The number of nitrogens with one attached hydrogen (secondary N) is 2. The predicted molar refractivity (Wildman–Crippen MR) is 64.2 cm³/mol. The Bertz CT molecular complexity index is 509. The van der Waals surface area contributed by atoms with Crippen LogP contribution in [0.15, 0.2) is 24.3 Å². The van der Waals surface area contributed by atoms with Gasteiger partial charge in [0.15, 0.2) is 5.82 Å². The third-order valence-corrected chi connectivity index (χ3v) is 2.50. The molecule has 1 aromatic heterocycles. The minimum absolute atomic E-state index is 0.193. The van der Waals surface area contributed by atoms with Crippen molar-refractivity contribution in [3.8, 4) is 5.75 Å². The molecule has 94 valence electrons. The first-order valence-electron chi connectivity index (χ1n) is 5.39. The Morgan fingerprint density at radius 3 is 2.67 bits per heavy atom. The molecule has 0 radical (unpaired) electrons. The van der Waals surface area contributed by atoms with Crippen molar-refractivity contribution in [3.05, 3.63) is 30.1 Å². The third-order valence-electron chi connectivity index (χ3n) is 2.50. The largest absolute Gasteiger partial charge is 0.497 e. The SMILES string of the molecule is COc1ccc(NC(=O)C(C)c2nn[nH]n2)cc1. The van der Waals surface area contributed by atoms with Crippen LogP contribution in [0.25, 0.3) is 0 Å². The van der Waals surface area contributed by atoms with E-state index in [1.54, 1.807) is 38.3 Å². The van der Waals surface area contributed by atoms with E-state index in [1.165, 1.54) is 0 Å². The Hall–Kier alpha value is -2.44. The highest BCUT2D eigenvalue weighted by molar-refractivity contribution is 5.95. The van der Waals surface area contributed by atoms with Crippen molar-refractivity contribution in [2.75, 3.05) is 12.4 Å². The Morgan fingerprint density at radius 2 is 2.11 bits per heavy atom. The van der Waals surface area contributed by atoms with Crippen molar-refractivity contribution in [2.24, 2.45) is 0 Å². The Labute approximate surface area is 104 Å². The number of rotatable bonds is 4. The number of anilines is 1. The normalized spacial score (nSPS) is 11.9. The molecule has 0 saturated carbocycles. The van der Waals surface area contributed by atoms with Gasteiger partial charge in [-0.3, -0.25) is 4.79 Å². The number of amides is 1. The second-order valence-corrected chi connectivity index (χ2v) is 3.71. The lowest BCUT2D eigenvalue weighted by Crippen LogP contribution is -2.19. The van der Waals surface area contributed by atoms with Gasteiger partial charge in [0.25, 0.3) is 0 Å². The number of aromatic amines is 1. The van der Waals surface area contributed by atoms with Gasteiger partial charge < -0.3 is 10.1 Å². The van der Waals surface area contributed by atoms with E-state index in [-0.39, 0.29) is 5.91 Å². The summed E-state index contributed by atoms with van der Waals surface area (Å²) in [4.78, 5) is 11.9. The Balaban J connectivity index is 2.02. The molecule has 0 fully saturated rings. The highest BCUT2D eigenvalue weighted by Gasteiger charge is 2.19. The van der Waals surface area contributed by atoms with Gasteiger partial charge in [0.1, 0.15) is 5.75 Å². The molecule has 0 aliphatic rings. The molecule has 1 heterocycles. The van der Waals surface area contributed by atoms with Crippen LogP contribution in [0.3, 0.4) is 0 Å². The van der Waals surface area contributed by atoms with E-state index >= 15 is 0 Å². The first-order valence-corrected chi connectivity index (χ1v) is 5.39. The summed E-state index contributed by atoms with van der Waals surface area (Å²) in [7, 11) is 1.59. The molecule has 18 heavy (non-hydrogen) atoms. The third kappa shape index (κ3) is 2.62. The van der Waals surface area contributed by atoms with Crippen LogP contribution in [0.5, 0.6) is 5.75 Å². The van der Waals surface area contributed by atoms with E-state index in [0.29, 0.717) is 11.5 Å². The van der Waals surface area contributed by atoms with Gasteiger partial charge in [-0.15, -0.1) is 10.2 Å². The number of tetrazole rings is 1. The zero-order valence-electron chi connectivity index (χ0n) is 10.0. The van der Waals surface area contributed by atoms with Gasteiger partial charge >= 0.3 is 0 Å². The summed E-state index contributed by atoms with van der Waals surface area (Å²) in [5.41, 5.74) is 0.691. The molecule has 1 unspecified atom stereocenters. The van der Waals surface area contributed by atoms with Crippen LogP contribution in [0.4, 0.5) is 5.69 Å². The van der Waals surface area contributed by atoms with Crippen molar-refractivity contribution < 1.29 is 9.53 Å². The smallest absolute Gasteiger partial charge is 0.235 e. The maximum atomic E-state index is 11.9. The van der Waals surface area contributed by atoms with Crippen LogP contribution in [-0.2, 0) is 4.79 Å². The van der Waals surface area contributed by atoms with Crippen LogP contribution in [-0.4, -0.2) is 33.6 Å². The van der Waals surface area contributed by atoms with E-state index in [9.17, 15) is 4.79 Å². The van der Waals surface area contributed by atoms with Gasteiger partial charge in [0.2, 0.25) is 5.91 Å². The first kappa shape index (κ1) is 12.0. The lowest BCUT2D eigenvalue weighted by atomic mass is 10.1. The lowest BCUT2D eigenvalue weighted by Gasteiger charge is -2.09. The van der Waals surface area contributed by atoms with E-state index < -0.39 is 5.92 Å². The summed E-state index contributed by atoms with van der Waals surface area (Å²) in [6.07, 6.45) is 0. The maximum absolute atomic E-state index is 11.9. The zero-order valence-corrected chi connectivity index (χ0v) is 10.0. The fourth-order valence-corrected chi connectivity index (χ4v) is 1.40. The minimum Gasteiger partial charge on any atom is -0.497 e. The predicted octanol–water partition coefficient (Wildman–Crippen LogP) is 0.950. The average molecular weight is 247 g/mol. The number of aromatic nitrogens is 4. The number of carbonyl (C=O) groups excluding carboxylic acids is 1. The van der Waals surface area contributed by atoms with Crippen LogP contribution < -0.4 is 10.1 Å². The summed E-state index contributed by atoms with van der Waals surface area (Å²) >= 11 is 0. The van der Waals surface area contributed by atoms with E-state index in [0.717, 1.165) is 5.75 Å². The number of hydrogen-bond donors (Lipinski definition) is 2. The molecule has 0 aliphatic carbocycles. The van der Waals surface area contributed by atoms with Crippen LogP contribution in [0, 0.1) is 0 Å². The Kier molecular flexibility index (Phi) is 3.52. The number of nitrogens with zero attached hydrogens (tertiary/aromatic N) is 3. The Morgan fingerprint density at radius 1 is 1.39 bits per heavy atom. The number of methoxy groups -OCH3 is 1. The van der Waals surface area contributed by atoms with Gasteiger partial charge in [-0.05, 0) is 31.2 Å². The van der Waals surface area contributed by atoms with Crippen molar-refractivity contribution in [1.82, 2.24) is 20.6 Å². The molecule has 2 aromatic rings. The van der Waals surface area contributed by atoms with Crippen molar-refractivity contribution >= 4 is 11.6 Å². The number of carbonyl (C=O) groups is 1. The van der Waals surface area contributed by atoms with E-state index in [1.807, 2.05) is 0 Å². The molecule has 1 atom stereocenters. The molecule has 0 aliphatic heterocycles. The number of benzene rings is 1. The van der Waals surface area contributed by atoms with Crippen molar-refractivity contribution in [1.29, 1.82) is 0 Å². The first-order chi connectivity index (χ1) is 8.70. The van der Waals surface area contributed by atoms with Crippen LogP contribution in [0.2, 0.25) is 0 Å². The van der Waals surface area contributed by atoms with Crippen LogP contribution >= 0.6 is 0 Å². The lowest BCUT2D eigenvalue weighted by molar-refractivity contribution is -0.117. The fraction of sp³-hybridized carbons (Fsp3) is 0.273. The van der Waals surface area contributed by atoms with Crippen LogP contribution in [0.1, 0.15) is 18.7 Å². The molecule has 2 rings (SSSR count). The monoisotopic (exact) mass is 247 g/mol. The van der Waals surface area contributed by atoms with Gasteiger partial charge in [-0.1, -0.05) is 5.21 Å². The second kappa shape index (κ2) is 5.26. The molecule has 0 saturated heterocycles. The average Bonchev–Trinajstić information content (AvgIpc) is 2.92. The van der Waals surface area contributed by atoms with Gasteiger partial charge in [0, 0.05) is 5.69 Å². The maximum Gasteiger partial charge on any atom is 0.235 e. The van der Waals surface area contributed by atoms with Gasteiger partial charge in [-0.25, -0.2) is 0 Å². The van der Waals surface area contributed by atoms with Crippen molar-refractivity contribution in [3.63, 3.8) is 0 Å². The molecule has 0 spiro atoms. The standard InChI is InChI=1S/C11H13N5O2/c1-7(10-13-15-16-14-10)11(17)12-8-3-5-9(18-2)6-4-8/h3-7H,1-2H3,(H,12,17)(H,13,14,15,16). The molecule has 0 bridgehead atoms. The molecule has 7 nitrogen and oxygen atoms in total.